The van der Waals surface area contributed by atoms with Crippen molar-refractivity contribution in [1.29, 1.82) is 0 Å². The fourth-order valence-corrected chi connectivity index (χ4v) is 2.20. The summed E-state index contributed by atoms with van der Waals surface area (Å²) < 4.78 is 5.81. The van der Waals surface area contributed by atoms with Crippen molar-refractivity contribution in [3.05, 3.63) is 42.5 Å². The first-order chi connectivity index (χ1) is 10.0. The first-order valence-electron chi connectivity index (χ1n) is 7.13. The molecule has 1 unspecified atom stereocenters. The predicted molar refractivity (Wildman–Crippen MR) is 83.5 cm³/mol. The summed E-state index contributed by atoms with van der Waals surface area (Å²) in [6.07, 6.45) is 1.95. The van der Waals surface area contributed by atoms with Crippen molar-refractivity contribution in [3.63, 3.8) is 0 Å². The molecule has 0 amide bonds. The van der Waals surface area contributed by atoms with Gasteiger partial charge in [0.25, 0.3) is 0 Å². The molecule has 0 heterocycles. The summed E-state index contributed by atoms with van der Waals surface area (Å²) >= 11 is 0. The maximum atomic E-state index is 10.9. The number of rotatable bonds is 7. The molecular formula is C17H21NO3. The summed E-state index contributed by atoms with van der Waals surface area (Å²) in [4.78, 5) is 10.9. The van der Waals surface area contributed by atoms with E-state index in [9.17, 15) is 4.79 Å². The molecule has 0 saturated heterocycles. The largest absolute Gasteiger partial charge is 0.493 e. The van der Waals surface area contributed by atoms with Crippen molar-refractivity contribution in [3.8, 4) is 5.75 Å². The van der Waals surface area contributed by atoms with Crippen LogP contribution in [0.5, 0.6) is 5.75 Å². The first kappa shape index (κ1) is 15.3. The maximum absolute atomic E-state index is 10.9. The first-order valence-corrected chi connectivity index (χ1v) is 7.13. The Bertz CT molecular complexity index is 617. The Hall–Kier alpha value is -2.07. The van der Waals surface area contributed by atoms with E-state index in [4.69, 9.17) is 15.6 Å². The zero-order valence-electron chi connectivity index (χ0n) is 12.2. The van der Waals surface area contributed by atoms with Crippen LogP contribution >= 0.6 is 0 Å². The minimum absolute atomic E-state index is 0.446. The molecule has 0 aromatic heterocycles. The summed E-state index contributed by atoms with van der Waals surface area (Å²) in [6.45, 7) is 2.10. The average Bonchev–Trinajstić information content (AvgIpc) is 2.47. The van der Waals surface area contributed by atoms with Gasteiger partial charge in [-0.05, 0) is 37.6 Å². The van der Waals surface area contributed by atoms with Gasteiger partial charge in [-0.1, -0.05) is 36.4 Å². The Morgan fingerprint density at radius 1 is 1.19 bits per heavy atom. The smallest absolute Gasteiger partial charge is 0.323 e. The zero-order chi connectivity index (χ0) is 15.3. The Kier molecular flexibility index (Phi) is 4.81. The van der Waals surface area contributed by atoms with Crippen molar-refractivity contribution < 1.29 is 14.6 Å². The van der Waals surface area contributed by atoms with E-state index in [2.05, 4.69) is 12.1 Å². The van der Waals surface area contributed by atoms with E-state index in [1.165, 1.54) is 0 Å². The van der Waals surface area contributed by atoms with Gasteiger partial charge in [0.1, 0.15) is 11.3 Å². The topological polar surface area (TPSA) is 72.5 Å². The van der Waals surface area contributed by atoms with Crippen LogP contribution in [-0.2, 0) is 4.79 Å². The lowest BCUT2D eigenvalue weighted by Gasteiger charge is -2.18. The van der Waals surface area contributed by atoms with Gasteiger partial charge in [0, 0.05) is 5.39 Å². The number of nitrogens with two attached hydrogens (primary N) is 1. The van der Waals surface area contributed by atoms with Gasteiger partial charge in [-0.3, -0.25) is 4.79 Å². The van der Waals surface area contributed by atoms with Gasteiger partial charge in [-0.2, -0.15) is 0 Å². The lowest BCUT2D eigenvalue weighted by atomic mass is 9.97. The fraction of sp³-hybridized carbons (Fsp3) is 0.353. The van der Waals surface area contributed by atoms with Crippen molar-refractivity contribution in [2.75, 3.05) is 6.61 Å². The molecule has 4 nitrogen and oxygen atoms in total. The molecule has 2 rings (SSSR count). The van der Waals surface area contributed by atoms with Crippen molar-refractivity contribution in [1.82, 2.24) is 0 Å². The number of unbranched alkanes of at least 4 members (excludes halogenated alkanes) is 1. The number of carboxylic acids is 1. The average molecular weight is 287 g/mol. The molecule has 3 N–H and O–H groups in total. The van der Waals surface area contributed by atoms with E-state index in [0.717, 1.165) is 29.4 Å². The van der Waals surface area contributed by atoms with Crippen LogP contribution < -0.4 is 10.5 Å². The third-order valence-electron chi connectivity index (χ3n) is 3.59. The summed E-state index contributed by atoms with van der Waals surface area (Å²) in [7, 11) is 0. The number of hydrogen-bond acceptors (Lipinski definition) is 3. The molecule has 0 radical (unpaired) electrons. The van der Waals surface area contributed by atoms with Gasteiger partial charge in [-0.15, -0.1) is 0 Å². The second-order valence-electron chi connectivity index (χ2n) is 5.51. The van der Waals surface area contributed by atoms with Crippen LogP contribution in [0.3, 0.4) is 0 Å². The third kappa shape index (κ3) is 3.95. The molecule has 0 saturated carbocycles. The molecule has 0 aliphatic carbocycles. The molecule has 0 aliphatic rings. The highest BCUT2D eigenvalue weighted by Gasteiger charge is 2.26. The second kappa shape index (κ2) is 6.59. The number of hydrogen-bond donors (Lipinski definition) is 2. The molecule has 0 aliphatic heterocycles. The van der Waals surface area contributed by atoms with Crippen LogP contribution in [-0.4, -0.2) is 23.2 Å². The number of carboxylic acid groups (broad SMARTS) is 1. The highest BCUT2D eigenvalue weighted by molar-refractivity contribution is 5.88. The number of benzene rings is 2. The van der Waals surface area contributed by atoms with Crippen LogP contribution in [0.4, 0.5) is 0 Å². The monoisotopic (exact) mass is 287 g/mol. The molecule has 0 bridgehead atoms. The lowest BCUT2D eigenvalue weighted by Crippen LogP contribution is -2.44. The molecule has 0 spiro atoms. The van der Waals surface area contributed by atoms with E-state index >= 15 is 0 Å². The minimum Gasteiger partial charge on any atom is -0.493 e. The Morgan fingerprint density at radius 3 is 2.67 bits per heavy atom. The molecule has 4 heteroatoms. The predicted octanol–water partition coefficient (Wildman–Crippen LogP) is 3.19. The molecular weight excluding hydrogens is 266 g/mol. The van der Waals surface area contributed by atoms with Gasteiger partial charge in [0.05, 0.1) is 6.61 Å². The molecule has 2 aromatic carbocycles. The lowest BCUT2D eigenvalue weighted by molar-refractivity contribution is -0.142. The van der Waals surface area contributed by atoms with Crippen LogP contribution in [0.2, 0.25) is 0 Å². The van der Waals surface area contributed by atoms with E-state index < -0.39 is 11.5 Å². The summed E-state index contributed by atoms with van der Waals surface area (Å²) in [6, 6.07) is 14.0. The van der Waals surface area contributed by atoms with E-state index in [1.807, 2.05) is 30.3 Å². The van der Waals surface area contributed by atoms with Crippen LogP contribution in [0.15, 0.2) is 42.5 Å². The number of fused-ring (bicyclic) bond motifs is 1. The highest BCUT2D eigenvalue weighted by Crippen LogP contribution is 2.25. The quantitative estimate of drug-likeness (QED) is 0.767. The van der Waals surface area contributed by atoms with Crippen molar-refractivity contribution in [2.45, 2.75) is 31.7 Å². The van der Waals surface area contributed by atoms with Gasteiger partial charge in [-0.25, -0.2) is 0 Å². The molecule has 2 aromatic rings. The van der Waals surface area contributed by atoms with Crippen LogP contribution in [0.25, 0.3) is 10.8 Å². The van der Waals surface area contributed by atoms with Gasteiger partial charge < -0.3 is 15.6 Å². The standard InChI is InChI=1S/C17H21NO3/c1-17(18,16(19)20)11-4-5-12-21-15-10-6-8-13-7-2-3-9-14(13)15/h2-3,6-10H,4-5,11-12,18H2,1H3,(H,19,20). The number of carbonyl (C=O) groups is 1. The molecule has 0 fully saturated rings. The van der Waals surface area contributed by atoms with E-state index in [0.29, 0.717) is 13.0 Å². The van der Waals surface area contributed by atoms with Crippen LogP contribution in [0, 0.1) is 0 Å². The van der Waals surface area contributed by atoms with Crippen molar-refractivity contribution >= 4 is 16.7 Å². The normalized spacial score (nSPS) is 13.8. The Labute approximate surface area is 124 Å². The summed E-state index contributed by atoms with van der Waals surface area (Å²) in [5.74, 6) is -0.0979. The van der Waals surface area contributed by atoms with Crippen molar-refractivity contribution in [2.24, 2.45) is 5.73 Å². The van der Waals surface area contributed by atoms with Gasteiger partial charge in [0.2, 0.25) is 0 Å². The van der Waals surface area contributed by atoms with Crippen LogP contribution in [0.1, 0.15) is 26.2 Å². The third-order valence-corrected chi connectivity index (χ3v) is 3.59. The minimum atomic E-state index is -1.15. The number of ether oxygens (including phenoxy) is 1. The van der Waals surface area contributed by atoms with E-state index in [-0.39, 0.29) is 0 Å². The summed E-state index contributed by atoms with van der Waals surface area (Å²) in [5.41, 5.74) is 4.53. The van der Waals surface area contributed by atoms with Gasteiger partial charge >= 0.3 is 5.97 Å². The fourth-order valence-electron chi connectivity index (χ4n) is 2.20. The second-order valence-corrected chi connectivity index (χ2v) is 5.51. The SMILES string of the molecule is CC(N)(CCCCOc1cccc2ccccc12)C(=O)O. The highest BCUT2D eigenvalue weighted by atomic mass is 16.5. The van der Waals surface area contributed by atoms with E-state index in [1.54, 1.807) is 6.92 Å². The zero-order valence-corrected chi connectivity index (χ0v) is 12.2. The maximum Gasteiger partial charge on any atom is 0.323 e. The Balaban J connectivity index is 1.85. The van der Waals surface area contributed by atoms with Gasteiger partial charge in [0.15, 0.2) is 0 Å². The Morgan fingerprint density at radius 2 is 1.90 bits per heavy atom. The molecule has 21 heavy (non-hydrogen) atoms. The number of aliphatic carboxylic acids is 1. The molecule has 112 valence electrons. The molecule has 1 atom stereocenters. The summed E-state index contributed by atoms with van der Waals surface area (Å²) in [5, 5.41) is 11.2.